The molecule has 1 aliphatic heterocycles. The molecule has 1 saturated heterocycles. The standard InChI is InChI=1S/C16H18N4O3/c1-23-14-5-3-2-4-13(14)19-6-8-20(9-7-19)16-17-10-12(11-18-16)15(21)22/h2-5,10-11H,6-9H2,1H3,(H,21,22). The summed E-state index contributed by atoms with van der Waals surface area (Å²) in [6.45, 7) is 3.18. The van der Waals surface area contributed by atoms with Gasteiger partial charge in [0.2, 0.25) is 5.95 Å². The first-order chi connectivity index (χ1) is 11.2. The van der Waals surface area contributed by atoms with Crippen molar-refractivity contribution >= 4 is 17.6 Å². The lowest BCUT2D eigenvalue weighted by Crippen LogP contribution is -2.47. The molecule has 23 heavy (non-hydrogen) atoms. The van der Waals surface area contributed by atoms with Crippen LogP contribution >= 0.6 is 0 Å². The molecule has 2 heterocycles. The molecule has 1 aromatic heterocycles. The highest BCUT2D eigenvalue weighted by molar-refractivity contribution is 5.86. The number of rotatable bonds is 4. The Morgan fingerprint density at radius 3 is 2.30 bits per heavy atom. The van der Waals surface area contributed by atoms with E-state index in [1.54, 1.807) is 7.11 Å². The largest absolute Gasteiger partial charge is 0.495 e. The number of carboxylic acid groups (broad SMARTS) is 1. The smallest absolute Gasteiger partial charge is 0.338 e. The monoisotopic (exact) mass is 314 g/mol. The lowest BCUT2D eigenvalue weighted by atomic mass is 10.2. The van der Waals surface area contributed by atoms with Crippen LogP contribution in [0.2, 0.25) is 0 Å². The molecule has 1 fully saturated rings. The number of para-hydroxylation sites is 2. The number of nitrogens with zero attached hydrogens (tertiary/aromatic N) is 4. The molecule has 0 aliphatic carbocycles. The van der Waals surface area contributed by atoms with Gasteiger partial charge in [0.15, 0.2) is 0 Å². The summed E-state index contributed by atoms with van der Waals surface area (Å²) in [5.41, 5.74) is 1.18. The van der Waals surface area contributed by atoms with Crippen LogP contribution in [-0.2, 0) is 0 Å². The van der Waals surface area contributed by atoms with Crippen LogP contribution in [0.15, 0.2) is 36.7 Å². The first kappa shape index (κ1) is 15.1. The number of carboxylic acids is 1. The molecule has 0 saturated carbocycles. The van der Waals surface area contributed by atoms with Crippen LogP contribution in [0.25, 0.3) is 0 Å². The molecule has 1 aromatic carbocycles. The third-order valence-corrected chi connectivity index (χ3v) is 3.87. The molecular formula is C16H18N4O3. The van der Waals surface area contributed by atoms with E-state index in [-0.39, 0.29) is 5.56 Å². The molecule has 120 valence electrons. The van der Waals surface area contributed by atoms with Crippen LogP contribution in [0.3, 0.4) is 0 Å². The molecule has 0 atom stereocenters. The van der Waals surface area contributed by atoms with Gasteiger partial charge in [0, 0.05) is 38.6 Å². The highest BCUT2D eigenvalue weighted by Gasteiger charge is 2.21. The van der Waals surface area contributed by atoms with E-state index in [4.69, 9.17) is 9.84 Å². The normalized spacial score (nSPS) is 14.7. The quantitative estimate of drug-likeness (QED) is 0.916. The molecule has 1 aliphatic rings. The van der Waals surface area contributed by atoms with Crippen LogP contribution in [0.4, 0.5) is 11.6 Å². The molecule has 0 radical (unpaired) electrons. The first-order valence-corrected chi connectivity index (χ1v) is 7.37. The predicted molar refractivity (Wildman–Crippen MR) is 86.4 cm³/mol. The van der Waals surface area contributed by atoms with Gasteiger partial charge in [-0.3, -0.25) is 0 Å². The van der Waals surface area contributed by atoms with E-state index in [2.05, 4.69) is 19.8 Å². The number of hydrogen-bond donors (Lipinski definition) is 1. The highest BCUT2D eigenvalue weighted by Crippen LogP contribution is 2.28. The van der Waals surface area contributed by atoms with E-state index in [1.807, 2.05) is 24.3 Å². The van der Waals surface area contributed by atoms with Crippen LogP contribution in [0, 0.1) is 0 Å². The van der Waals surface area contributed by atoms with Crippen molar-refractivity contribution in [3.63, 3.8) is 0 Å². The maximum absolute atomic E-state index is 10.8. The summed E-state index contributed by atoms with van der Waals surface area (Å²) < 4.78 is 5.41. The summed E-state index contributed by atoms with van der Waals surface area (Å²) in [7, 11) is 1.67. The second-order valence-electron chi connectivity index (χ2n) is 5.22. The Bertz CT molecular complexity index is 682. The van der Waals surface area contributed by atoms with E-state index in [9.17, 15) is 4.79 Å². The molecule has 3 rings (SSSR count). The molecule has 0 spiro atoms. The minimum Gasteiger partial charge on any atom is -0.495 e. The van der Waals surface area contributed by atoms with Crippen molar-refractivity contribution in [3.05, 3.63) is 42.2 Å². The Morgan fingerprint density at radius 1 is 1.09 bits per heavy atom. The van der Waals surface area contributed by atoms with Crippen molar-refractivity contribution < 1.29 is 14.6 Å². The number of aromatic carboxylic acids is 1. The zero-order chi connectivity index (χ0) is 16.2. The molecule has 0 bridgehead atoms. The van der Waals surface area contributed by atoms with Gasteiger partial charge in [-0.1, -0.05) is 12.1 Å². The zero-order valence-electron chi connectivity index (χ0n) is 12.8. The summed E-state index contributed by atoms with van der Waals surface area (Å²) in [5, 5.41) is 8.88. The molecule has 7 nitrogen and oxygen atoms in total. The molecule has 7 heteroatoms. The van der Waals surface area contributed by atoms with E-state index in [0.717, 1.165) is 37.6 Å². The number of ether oxygens (including phenoxy) is 1. The van der Waals surface area contributed by atoms with Crippen molar-refractivity contribution in [1.82, 2.24) is 9.97 Å². The molecule has 0 amide bonds. The number of carbonyl (C=O) groups is 1. The van der Waals surface area contributed by atoms with Crippen LogP contribution in [-0.4, -0.2) is 54.3 Å². The molecular weight excluding hydrogens is 296 g/mol. The second kappa shape index (κ2) is 6.51. The fourth-order valence-corrected chi connectivity index (χ4v) is 2.63. The van der Waals surface area contributed by atoms with Gasteiger partial charge in [0.05, 0.1) is 18.4 Å². The van der Waals surface area contributed by atoms with Crippen molar-refractivity contribution in [2.24, 2.45) is 0 Å². The number of benzene rings is 1. The van der Waals surface area contributed by atoms with Crippen LogP contribution < -0.4 is 14.5 Å². The average Bonchev–Trinajstić information content (AvgIpc) is 2.62. The zero-order valence-corrected chi connectivity index (χ0v) is 12.8. The topological polar surface area (TPSA) is 78.8 Å². The summed E-state index contributed by atoms with van der Waals surface area (Å²) in [6, 6.07) is 7.95. The molecule has 0 unspecified atom stereocenters. The van der Waals surface area contributed by atoms with Crippen molar-refractivity contribution in [2.45, 2.75) is 0 Å². The third-order valence-electron chi connectivity index (χ3n) is 3.87. The van der Waals surface area contributed by atoms with Crippen LogP contribution in [0.1, 0.15) is 10.4 Å². The van der Waals surface area contributed by atoms with Gasteiger partial charge < -0.3 is 19.6 Å². The van der Waals surface area contributed by atoms with Gasteiger partial charge >= 0.3 is 5.97 Å². The highest BCUT2D eigenvalue weighted by atomic mass is 16.5. The fraction of sp³-hybridized carbons (Fsp3) is 0.312. The summed E-state index contributed by atoms with van der Waals surface area (Å²) in [6.07, 6.45) is 2.69. The Morgan fingerprint density at radius 2 is 1.70 bits per heavy atom. The van der Waals surface area contributed by atoms with Crippen molar-refractivity contribution in [2.75, 3.05) is 43.1 Å². The van der Waals surface area contributed by atoms with E-state index in [1.165, 1.54) is 12.4 Å². The van der Waals surface area contributed by atoms with E-state index < -0.39 is 5.97 Å². The van der Waals surface area contributed by atoms with Gasteiger partial charge in [-0.2, -0.15) is 0 Å². The fourth-order valence-electron chi connectivity index (χ4n) is 2.63. The number of aromatic nitrogens is 2. The number of methoxy groups -OCH3 is 1. The Kier molecular flexibility index (Phi) is 4.27. The Labute approximate surface area is 134 Å². The second-order valence-corrected chi connectivity index (χ2v) is 5.22. The van der Waals surface area contributed by atoms with E-state index >= 15 is 0 Å². The maximum atomic E-state index is 10.8. The van der Waals surface area contributed by atoms with Gasteiger partial charge in [-0.05, 0) is 12.1 Å². The lowest BCUT2D eigenvalue weighted by Gasteiger charge is -2.36. The summed E-state index contributed by atoms with van der Waals surface area (Å²) in [5.74, 6) is 0.412. The minimum absolute atomic E-state index is 0.0985. The van der Waals surface area contributed by atoms with Gasteiger partial charge in [0.1, 0.15) is 5.75 Å². The number of piperazine rings is 1. The van der Waals surface area contributed by atoms with Crippen molar-refractivity contribution in [3.8, 4) is 5.75 Å². The lowest BCUT2D eigenvalue weighted by molar-refractivity contribution is 0.0696. The summed E-state index contributed by atoms with van der Waals surface area (Å²) >= 11 is 0. The average molecular weight is 314 g/mol. The first-order valence-electron chi connectivity index (χ1n) is 7.37. The van der Waals surface area contributed by atoms with Gasteiger partial charge in [0.25, 0.3) is 0 Å². The van der Waals surface area contributed by atoms with Gasteiger partial charge in [-0.15, -0.1) is 0 Å². The molecule has 2 aromatic rings. The van der Waals surface area contributed by atoms with E-state index in [0.29, 0.717) is 5.95 Å². The third kappa shape index (κ3) is 3.18. The minimum atomic E-state index is -1.02. The SMILES string of the molecule is COc1ccccc1N1CCN(c2ncc(C(=O)O)cn2)CC1. The Hall–Kier alpha value is -2.83. The van der Waals surface area contributed by atoms with Crippen molar-refractivity contribution in [1.29, 1.82) is 0 Å². The van der Waals surface area contributed by atoms with Crippen LogP contribution in [0.5, 0.6) is 5.75 Å². The Balaban J connectivity index is 1.67. The predicted octanol–water partition coefficient (Wildman–Crippen LogP) is 1.51. The van der Waals surface area contributed by atoms with Gasteiger partial charge in [-0.25, -0.2) is 14.8 Å². The molecule has 1 N–H and O–H groups in total. The maximum Gasteiger partial charge on any atom is 0.338 e. The number of anilines is 2. The number of hydrogen-bond acceptors (Lipinski definition) is 6. The summed E-state index contributed by atoms with van der Waals surface area (Å²) in [4.78, 5) is 23.4.